The standard InChI is InChI=1S/C15H25NO5/c1-14(2,3)20-12(18)11-10(7-8-17)9-16(11)13(19)21-15(4,5)6/h7,11,17H,8-9H2,1-6H3/b10-7-. The van der Waals surface area contributed by atoms with Gasteiger partial charge in [-0.15, -0.1) is 0 Å². The van der Waals surface area contributed by atoms with E-state index < -0.39 is 29.3 Å². The largest absolute Gasteiger partial charge is 0.458 e. The maximum absolute atomic E-state index is 12.2. The number of amides is 1. The van der Waals surface area contributed by atoms with Crippen LogP contribution in [0.1, 0.15) is 41.5 Å². The van der Waals surface area contributed by atoms with Crippen molar-refractivity contribution in [3.05, 3.63) is 11.6 Å². The Kier molecular flexibility index (Phi) is 5.04. The van der Waals surface area contributed by atoms with E-state index in [9.17, 15) is 9.59 Å². The molecule has 1 unspecified atom stereocenters. The lowest BCUT2D eigenvalue weighted by molar-refractivity contribution is -0.162. The van der Waals surface area contributed by atoms with Crippen LogP contribution < -0.4 is 0 Å². The fraction of sp³-hybridized carbons (Fsp3) is 0.733. The molecular weight excluding hydrogens is 274 g/mol. The maximum atomic E-state index is 12.2. The van der Waals surface area contributed by atoms with Gasteiger partial charge in [-0.3, -0.25) is 4.90 Å². The Hall–Kier alpha value is -1.56. The number of esters is 1. The molecule has 1 N–H and O–H groups in total. The van der Waals surface area contributed by atoms with Crippen LogP contribution in [0.4, 0.5) is 4.79 Å². The summed E-state index contributed by atoms with van der Waals surface area (Å²) >= 11 is 0. The third kappa shape index (κ3) is 5.04. The summed E-state index contributed by atoms with van der Waals surface area (Å²) < 4.78 is 10.6. The van der Waals surface area contributed by atoms with Crippen LogP contribution >= 0.6 is 0 Å². The number of likely N-dealkylation sites (tertiary alicyclic amines) is 1. The van der Waals surface area contributed by atoms with Crippen LogP contribution in [0.2, 0.25) is 0 Å². The van der Waals surface area contributed by atoms with Crippen LogP contribution in [0.15, 0.2) is 11.6 Å². The number of rotatable bonds is 2. The normalized spacial score (nSPS) is 21.0. The molecule has 1 amide bonds. The van der Waals surface area contributed by atoms with Gasteiger partial charge in [0, 0.05) is 6.54 Å². The topological polar surface area (TPSA) is 76.1 Å². The van der Waals surface area contributed by atoms with Gasteiger partial charge in [-0.1, -0.05) is 6.08 Å². The monoisotopic (exact) mass is 299 g/mol. The number of ether oxygens (including phenoxy) is 2. The van der Waals surface area contributed by atoms with Gasteiger partial charge in [-0.2, -0.15) is 0 Å². The first-order valence-electron chi connectivity index (χ1n) is 6.97. The first-order chi connectivity index (χ1) is 9.44. The molecule has 21 heavy (non-hydrogen) atoms. The minimum atomic E-state index is -0.814. The third-order valence-electron chi connectivity index (χ3n) is 2.63. The molecule has 1 atom stereocenters. The van der Waals surface area contributed by atoms with Crippen molar-refractivity contribution >= 4 is 12.1 Å². The summed E-state index contributed by atoms with van der Waals surface area (Å²) in [5.74, 6) is -0.515. The van der Waals surface area contributed by atoms with Crippen molar-refractivity contribution in [3.63, 3.8) is 0 Å². The highest BCUT2D eigenvalue weighted by Crippen LogP contribution is 2.28. The van der Waals surface area contributed by atoms with Crippen LogP contribution in [0, 0.1) is 0 Å². The molecule has 1 saturated heterocycles. The quantitative estimate of drug-likeness (QED) is 0.622. The van der Waals surface area contributed by atoms with E-state index in [-0.39, 0.29) is 13.2 Å². The molecule has 0 radical (unpaired) electrons. The summed E-state index contributed by atoms with van der Waals surface area (Å²) in [7, 11) is 0. The van der Waals surface area contributed by atoms with Crippen molar-refractivity contribution in [1.29, 1.82) is 0 Å². The lowest BCUT2D eigenvalue weighted by atomic mass is 9.95. The van der Waals surface area contributed by atoms with Gasteiger partial charge in [0.15, 0.2) is 6.04 Å². The van der Waals surface area contributed by atoms with Crippen molar-refractivity contribution in [2.45, 2.75) is 58.8 Å². The lowest BCUT2D eigenvalue weighted by Crippen LogP contribution is -2.59. The molecule has 0 aromatic carbocycles. The maximum Gasteiger partial charge on any atom is 0.411 e. The van der Waals surface area contributed by atoms with Gasteiger partial charge < -0.3 is 14.6 Å². The number of aliphatic hydroxyl groups is 1. The molecule has 1 aliphatic heterocycles. The molecule has 120 valence electrons. The van der Waals surface area contributed by atoms with Crippen molar-refractivity contribution in [2.24, 2.45) is 0 Å². The Labute approximate surface area is 125 Å². The van der Waals surface area contributed by atoms with Crippen LogP contribution in [-0.2, 0) is 14.3 Å². The molecule has 0 saturated carbocycles. The highest BCUT2D eigenvalue weighted by atomic mass is 16.6. The second kappa shape index (κ2) is 6.05. The Balaban J connectivity index is 2.85. The van der Waals surface area contributed by atoms with Crippen molar-refractivity contribution < 1.29 is 24.2 Å². The number of nitrogens with zero attached hydrogens (tertiary/aromatic N) is 1. The minimum absolute atomic E-state index is 0.184. The number of aliphatic hydroxyl groups excluding tert-OH is 1. The van der Waals surface area contributed by atoms with Crippen LogP contribution in [0.25, 0.3) is 0 Å². The Bertz CT molecular complexity index is 442. The lowest BCUT2D eigenvalue weighted by Gasteiger charge is -2.42. The van der Waals surface area contributed by atoms with E-state index in [0.717, 1.165) is 0 Å². The predicted octanol–water partition coefficient (Wildman–Crippen LogP) is 1.87. The smallest absolute Gasteiger partial charge is 0.411 e. The molecule has 1 aliphatic rings. The Morgan fingerprint density at radius 1 is 1.19 bits per heavy atom. The van der Waals surface area contributed by atoms with E-state index in [0.29, 0.717) is 5.57 Å². The van der Waals surface area contributed by atoms with Crippen molar-refractivity contribution in [2.75, 3.05) is 13.2 Å². The van der Waals surface area contributed by atoms with Crippen molar-refractivity contribution in [3.8, 4) is 0 Å². The van der Waals surface area contributed by atoms with E-state index in [2.05, 4.69) is 0 Å². The molecule has 0 bridgehead atoms. The molecule has 6 nitrogen and oxygen atoms in total. The summed E-state index contributed by atoms with van der Waals surface area (Å²) in [6.07, 6.45) is 0.962. The molecule has 6 heteroatoms. The Morgan fingerprint density at radius 2 is 1.71 bits per heavy atom. The van der Waals surface area contributed by atoms with Gasteiger partial charge in [0.2, 0.25) is 0 Å². The first kappa shape index (κ1) is 17.5. The minimum Gasteiger partial charge on any atom is -0.458 e. The second-order valence-electron chi connectivity index (χ2n) is 7.01. The molecule has 0 aromatic rings. The summed E-state index contributed by atoms with van der Waals surface area (Å²) in [5.41, 5.74) is -0.611. The molecule has 1 heterocycles. The summed E-state index contributed by atoms with van der Waals surface area (Å²) in [6, 6.07) is -0.814. The molecule has 1 rings (SSSR count). The van der Waals surface area contributed by atoms with Crippen LogP contribution in [0.5, 0.6) is 0 Å². The summed E-state index contributed by atoms with van der Waals surface area (Å²) in [5, 5.41) is 8.98. The summed E-state index contributed by atoms with van der Waals surface area (Å²) in [6.45, 7) is 10.6. The highest BCUT2D eigenvalue weighted by molar-refractivity contribution is 5.88. The zero-order valence-electron chi connectivity index (χ0n) is 13.6. The molecular formula is C15H25NO5. The average Bonchev–Trinajstić information content (AvgIpc) is 2.17. The number of carbonyl (C=O) groups excluding carboxylic acids is 2. The predicted molar refractivity (Wildman–Crippen MR) is 77.7 cm³/mol. The number of hydrogen-bond acceptors (Lipinski definition) is 5. The number of carbonyl (C=O) groups is 2. The first-order valence-corrected chi connectivity index (χ1v) is 6.97. The zero-order valence-corrected chi connectivity index (χ0v) is 13.6. The van der Waals surface area contributed by atoms with E-state index in [1.54, 1.807) is 41.5 Å². The van der Waals surface area contributed by atoms with E-state index >= 15 is 0 Å². The van der Waals surface area contributed by atoms with Gasteiger partial charge in [-0.25, -0.2) is 9.59 Å². The Morgan fingerprint density at radius 3 is 2.14 bits per heavy atom. The fourth-order valence-corrected chi connectivity index (χ4v) is 1.88. The SMILES string of the molecule is CC(C)(C)OC(=O)C1/C(=C\CO)CN1C(=O)OC(C)(C)C. The van der Waals surface area contributed by atoms with Crippen LogP contribution in [0.3, 0.4) is 0 Å². The highest BCUT2D eigenvalue weighted by Gasteiger charge is 2.45. The van der Waals surface area contributed by atoms with Gasteiger partial charge in [0.05, 0.1) is 6.61 Å². The third-order valence-corrected chi connectivity index (χ3v) is 2.63. The summed E-state index contributed by atoms with van der Waals surface area (Å²) in [4.78, 5) is 25.6. The molecule has 1 fully saturated rings. The van der Waals surface area contributed by atoms with E-state index in [1.165, 1.54) is 11.0 Å². The second-order valence-corrected chi connectivity index (χ2v) is 7.01. The number of hydrogen-bond donors (Lipinski definition) is 1. The van der Waals surface area contributed by atoms with Gasteiger partial charge in [0.1, 0.15) is 11.2 Å². The average molecular weight is 299 g/mol. The molecule has 0 aromatic heterocycles. The molecule has 0 aliphatic carbocycles. The van der Waals surface area contributed by atoms with Gasteiger partial charge in [-0.05, 0) is 47.1 Å². The molecule has 0 spiro atoms. The van der Waals surface area contributed by atoms with E-state index in [4.69, 9.17) is 14.6 Å². The van der Waals surface area contributed by atoms with Gasteiger partial charge >= 0.3 is 12.1 Å². The van der Waals surface area contributed by atoms with Crippen molar-refractivity contribution in [1.82, 2.24) is 4.90 Å². The fourth-order valence-electron chi connectivity index (χ4n) is 1.88. The van der Waals surface area contributed by atoms with Gasteiger partial charge in [0.25, 0.3) is 0 Å². The van der Waals surface area contributed by atoms with E-state index in [1.807, 2.05) is 0 Å². The van der Waals surface area contributed by atoms with Crippen LogP contribution in [-0.4, -0.2) is 52.5 Å². The zero-order chi connectivity index (χ0) is 16.4.